The topological polar surface area (TPSA) is 47.6 Å². The molecule has 0 aliphatic rings. The summed E-state index contributed by atoms with van der Waals surface area (Å²) in [6.07, 6.45) is 0.450. The van der Waals surface area contributed by atoms with E-state index in [0.717, 1.165) is 29.4 Å². The molecule has 20 heavy (non-hydrogen) atoms. The first kappa shape index (κ1) is 16.9. The molecule has 0 heterocycles. The summed E-state index contributed by atoms with van der Waals surface area (Å²) in [5.74, 6) is 2.40. The molecule has 112 valence electrons. The van der Waals surface area contributed by atoms with Crippen LogP contribution in [0, 0.1) is 0 Å². The molecule has 0 saturated heterocycles. The Kier molecular flexibility index (Phi) is 8.14. The fourth-order valence-electron chi connectivity index (χ4n) is 1.92. The molecule has 1 unspecified atom stereocenters. The van der Waals surface area contributed by atoms with Gasteiger partial charge in [-0.1, -0.05) is 25.1 Å². The third-order valence-electron chi connectivity index (χ3n) is 2.93. The summed E-state index contributed by atoms with van der Waals surface area (Å²) < 4.78 is 10.0. The van der Waals surface area contributed by atoms with E-state index in [1.165, 1.54) is 7.11 Å². The highest BCUT2D eigenvalue weighted by molar-refractivity contribution is 7.99. The van der Waals surface area contributed by atoms with Crippen molar-refractivity contribution in [3.63, 3.8) is 0 Å². The van der Waals surface area contributed by atoms with Crippen LogP contribution in [-0.2, 0) is 9.53 Å². The molecule has 0 saturated carbocycles. The smallest absolute Gasteiger partial charge is 0.306 e. The quantitative estimate of drug-likeness (QED) is 0.561. The van der Waals surface area contributed by atoms with Crippen molar-refractivity contribution >= 4 is 17.7 Å². The van der Waals surface area contributed by atoms with E-state index in [4.69, 9.17) is 4.74 Å². The molecule has 0 amide bonds. The largest absolute Gasteiger partial charge is 0.496 e. The van der Waals surface area contributed by atoms with E-state index in [-0.39, 0.29) is 12.0 Å². The molecule has 0 radical (unpaired) electrons. The monoisotopic (exact) mass is 297 g/mol. The number of methoxy groups -OCH3 is 2. The number of rotatable bonds is 9. The Balaban J connectivity index is 2.57. The molecule has 0 aromatic heterocycles. The second-order valence-electron chi connectivity index (χ2n) is 4.25. The molecule has 1 aromatic carbocycles. The maximum Gasteiger partial charge on any atom is 0.306 e. The van der Waals surface area contributed by atoms with E-state index < -0.39 is 0 Å². The highest BCUT2D eigenvalue weighted by Gasteiger charge is 2.15. The van der Waals surface area contributed by atoms with Crippen molar-refractivity contribution in [3.8, 4) is 5.75 Å². The average Bonchev–Trinajstić information content (AvgIpc) is 2.50. The predicted molar refractivity (Wildman–Crippen MR) is 83.4 cm³/mol. The number of para-hydroxylation sites is 1. The standard InChI is InChI=1S/C15H23NO3S/c1-4-16-13(11-20-10-9-15(17)19-3)12-7-5-6-8-14(12)18-2/h5-8,13,16H,4,9-11H2,1-3H3. The van der Waals surface area contributed by atoms with Crippen LogP contribution in [0.2, 0.25) is 0 Å². The van der Waals surface area contributed by atoms with E-state index >= 15 is 0 Å². The number of ether oxygens (including phenoxy) is 2. The SMILES string of the molecule is CCNC(CSCCC(=O)OC)c1ccccc1OC. The Bertz CT molecular complexity index is 412. The van der Waals surface area contributed by atoms with Crippen LogP contribution in [0.15, 0.2) is 24.3 Å². The zero-order valence-electron chi connectivity index (χ0n) is 12.3. The van der Waals surface area contributed by atoms with Gasteiger partial charge in [0.2, 0.25) is 0 Å². The minimum absolute atomic E-state index is 0.158. The van der Waals surface area contributed by atoms with Crippen LogP contribution in [-0.4, -0.2) is 38.2 Å². The summed E-state index contributed by atoms with van der Waals surface area (Å²) in [6, 6.07) is 8.25. The van der Waals surface area contributed by atoms with Gasteiger partial charge in [0.15, 0.2) is 0 Å². The van der Waals surface area contributed by atoms with Gasteiger partial charge in [-0.3, -0.25) is 4.79 Å². The summed E-state index contributed by atoms with van der Waals surface area (Å²) in [5, 5.41) is 3.46. The van der Waals surface area contributed by atoms with Crippen molar-refractivity contribution in [1.29, 1.82) is 0 Å². The van der Waals surface area contributed by atoms with E-state index in [1.807, 2.05) is 18.2 Å². The molecule has 0 aliphatic carbocycles. The molecule has 0 bridgehead atoms. The zero-order valence-corrected chi connectivity index (χ0v) is 13.2. The van der Waals surface area contributed by atoms with Gasteiger partial charge >= 0.3 is 5.97 Å². The molecule has 0 spiro atoms. The predicted octanol–water partition coefficient (Wildman–Crippen LogP) is 2.64. The number of hydrogen-bond acceptors (Lipinski definition) is 5. The van der Waals surface area contributed by atoms with Gasteiger partial charge in [0, 0.05) is 23.1 Å². The Morgan fingerprint density at radius 3 is 2.75 bits per heavy atom. The van der Waals surface area contributed by atoms with Crippen molar-refractivity contribution in [1.82, 2.24) is 5.32 Å². The first-order valence-electron chi connectivity index (χ1n) is 6.73. The Labute approximate surface area is 125 Å². The summed E-state index contributed by atoms with van der Waals surface area (Å²) in [5.41, 5.74) is 1.16. The van der Waals surface area contributed by atoms with Gasteiger partial charge in [-0.25, -0.2) is 0 Å². The number of carbonyl (C=O) groups is 1. The highest BCUT2D eigenvalue weighted by Crippen LogP contribution is 2.27. The van der Waals surface area contributed by atoms with Crippen molar-refractivity contribution in [3.05, 3.63) is 29.8 Å². The van der Waals surface area contributed by atoms with Gasteiger partial charge in [0.25, 0.3) is 0 Å². The molecule has 1 rings (SSSR count). The number of esters is 1. The average molecular weight is 297 g/mol. The van der Waals surface area contributed by atoms with Gasteiger partial charge in [0.05, 0.1) is 20.6 Å². The van der Waals surface area contributed by atoms with Gasteiger partial charge < -0.3 is 14.8 Å². The molecule has 1 N–H and O–H groups in total. The van der Waals surface area contributed by atoms with E-state index in [1.54, 1.807) is 18.9 Å². The lowest BCUT2D eigenvalue weighted by molar-refractivity contribution is -0.140. The second-order valence-corrected chi connectivity index (χ2v) is 5.40. The minimum Gasteiger partial charge on any atom is -0.496 e. The second kappa shape index (κ2) is 9.66. The fourth-order valence-corrected chi connectivity index (χ4v) is 2.93. The highest BCUT2D eigenvalue weighted by atomic mass is 32.2. The van der Waals surface area contributed by atoms with E-state index in [2.05, 4.69) is 23.0 Å². The third-order valence-corrected chi connectivity index (χ3v) is 3.99. The number of benzene rings is 1. The van der Waals surface area contributed by atoms with Gasteiger partial charge in [-0.15, -0.1) is 0 Å². The Morgan fingerprint density at radius 2 is 2.10 bits per heavy atom. The van der Waals surface area contributed by atoms with Crippen LogP contribution in [0.1, 0.15) is 24.9 Å². The number of carbonyl (C=O) groups excluding carboxylic acids is 1. The Morgan fingerprint density at radius 1 is 1.35 bits per heavy atom. The van der Waals surface area contributed by atoms with Crippen LogP contribution in [0.5, 0.6) is 5.75 Å². The summed E-state index contributed by atoms with van der Waals surface area (Å²) in [7, 11) is 3.11. The molecule has 4 nitrogen and oxygen atoms in total. The summed E-state index contributed by atoms with van der Waals surface area (Å²) in [6.45, 7) is 2.97. The van der Waals surface area contributed by atoms with Crippen molar-refractivity contribution < 1.29 is 14.3 Å². The van der Waals surface area contributed by atoms with E-state index in [0.29, 0.717) is 6.42 Å². The molecule has 5 heteroatoms. The Hall–Kier alpha value is -1.20. The third kappa shape index (κ3) is 5.43. The molecule has 1 aromatic rings. The van der Waals surface area contributed by atoms with E-state index in [9.17, 15) is 4.79 Å². The van der Waals surface area contributed by atoms with Crippen LogP contribution in [0.25, 0.3) is 0 Å². The molecule has 0 fully saturated rings. The number of nitrogens with one attached hydrogen (secondary N) is 1. The molecule has 1 atom stereocenters. The molecule has 0 aliphatic heterocycles. The summed E-state index contributed by atoms with van der Waals surface area (Å²) >= 11 is 1.74. The maximum absolute atomic E-state index is 11.1. The zero-order chi connectivity index (χ0) is 14.8. The van der Waals surface area contributed by atoms with Crippen LogP contribution in [0.3, 0.4) is 0 Å². The fraction of sp³-hybridized carbons (Fsp3) is 0.533. The van der Waals surface area contributed by atoms with Crippen LogP contribution < -0.4 is 10.1 Å². The van der Waals surface area contributed by atoms with Crippen molar-refractivity contribution in [2.75, 3.05) is 32.3 Å². The lowest BCUT2D eigenvalue weighted by Gasteiger charge is -2.20. The van der Waals surface area contributed by atoms with Gasteiger partial charge in [-0.2, -0.15) is 11.8 Å². The first-order valence-corrected chi connectivity index (χ1v) is 7.89. The lowest BCUT2D eigenvalue weighted by atomic mass is 10.1. The van der Waals surface area contributed by atoms with Crippen molar-refractivity contribution in [2.24, 2.45) is 0 Å². The van der Waals surface area contributed by atoms with Gasteiger partial charge in [0.1, 0.15) is 5.75 Å². The number of hydrogen-bond donors (Lipinski definition) is 1. The van der Waals surface area contributed by atoms with Crippen molar-refractivity contribution in [2.45, 2.75) is 19.4 Å². The first-order chi connectivity index (χ1) is 9.72. The summed E-state index contributed by atoms with van der Waals surface area (Å²) in [4.78, 5) is 11.1. The lowest BCUT2D eigenvalue weighted by Crippen LogP contribution is -2.23. The van der Waals surface area contributed by atoms with Crippen LogP contribution >= 0.6 is 11.8 Å². The van der Waals surface area contributed by atoms with Gasteiger partial charge in [-0.05, 0) is 12.6 Å². The molecular formula is C15H23NO3S. The molecular weight excluding hydrogens is 274 g/mol. The van der Waals surface area contributed by atoms with Crippen LogP contribution in [0.4, 0.5) is 0 Å². The number of thioether (sulfide) groups is 1. The maximum atomic E-state index is 11.1. The minimum atomic E-state index is -0.158. The normalized spacial score (nSPS) is 11.9.